The largest absolute Gasteiger partial charge is 0.384 e. The van der Waals surface area contributed by atoms with E-state index in [0.29, 0.717) is 11.4 Å². The van der Waals surface area contributed by atoms with Crippen molar-refractivity contribution < 1.29 is 4.74 Å². The molecule has 0 aromatic carbocycles. The Bertz CT molecular complexity index is 401. The van der Waals surface area contributed by atoms with Gasteiger partial charge in [0.2, 0.25) is 0 Å². The lowest BCUT2D eigenvalue weighted by molar-refractivity contribution is 0.141. The quantitative estimate of drug-likeness (QED) is 0.773. The van der Waals surface area contributed by atoms with Gasteiger partial charge in [-0.3, -0.25) is 0 Å². The van der Waals surface area contributed by atoms with Gasteiger partial charge in [-0.25, -0.2) is 0 Å². The van der Waals surface area contributed by atoms with Crippen LogP contribution in [0.25, 0.3) is 0 Å². The highest BCUT2D eigenvalue weighted by Gasteiger charge is 2.14. The SMILES string of the molecule is CCOCCCn1c(C)c(C)c(C#N)c1N. The Labute approximate surface area is 96.6 Å². The van der Waals surface area contributed by atoms with Crippen molar-refractivity contribution in [1.82, 2.24) is 4.57 Å². The molecule has 0 aliphatic rings. The topological polar surface area (TPSA) is 64.0 Å². The van der Waals surface area contributed by atoms with Crippen molar-refractivity contribution in [3.63, 3.8) is 0 Å². The number of hydrogen-bond acceptors (Lipinski definition) is 3. The molecule has 0 fully saturated rings. The maximum absolute atomic E-state index is 8.98. The van der Waals surface area contributed by atoms with E-state index in [9.17, 15) is 0 Å². The molecule has 16 heavy (non-hydrogen) atoms. The molecule has 4 heteroatoms. The zero-order valence-electron chi connectivity index (χ0n) is 10.2. The second kappa shape index (κ2) is 5.57. The van der Waals surface area contributed by atoms with E-state index in [1.165, 1.54) is 0 Å². The third kappa shape index (κ3) is 2.37. The third-order valence-electron chi connectivity index (χ3n) is 2.86. The van der Waals surface area contributed by atoms with E-state index in [4.69, 9.17) is 15.7 Å². The van der Waals surface area contributed by atoms with Gasteiger partial charge < -0.3 is 15.0 Å². The smallest absolute Gasteiger partial charge is 0.122 e. The summed E-state index contributed by atoms with van der Waals surface area (Å²) < 4.78 is 7.27. The second-order valence-corrected chi connectivity index (χ2v) is 3.78. The Morgan fingerprint density at radius 3 is 2.62 bits per heavy atom. The van der Waals surface area contributed by atoms with E-state index < -0.39 is 0 Å². The van der Waals surface area contributed by atoms with Gasteiger partial charge in [0.15, 0.2) is 0 Å². The maximum atomic E-state index is 8.98. The van der Waals surface area contributed by atoms with Crippen LogP contribution in [0.15, 0.2) is 0 Å². The first-order valence-electron chi connectivity index (χ1n) is 5.56. The van der Waals surface area contributed by atoms with Crippen LogP contribution in [0.3, 0.4) is 0 Å². The Morgan fingerprint density at radius 1 is 1.44 bits per heavy atom. The molecule has 1 aromatic heterocycles. The van der Waals surface area contributed by atoms with E-state index in [2.05, 4.69) is 6.07 Å². The number of nitrogens with zero attached hydrogens (tertiary/aromatic N) is 2. The van der Waals surface area contributed by atoms with E-state index in [1.54, 1.807) is 0 Å². The first-order valence-corrected chi connectivity index (χ1v) is 5.56. The number of anilines is 1. The molecule has 0 bridgehead atoms. The fraction of sp³-hybridized carbons (Fsp3) is 0.583. The lowest BCUT2D eigenvalue weighted by atomic mass is 10.2. The maximum Gasteiger partial charge on any atom is 0.122 e. The van der Waals surface area contributed by atoms with Crippen LogP contribution in [-0.4, -0.2) is 17.8 Å². The van der Waals surface area contributed by atoms with Crippen molar-refractivity contribution in [2.75, 3.05) is 18.9 Å². The van der Waals surface area contributed by atoms with Crippen LogP contribution >= 0.6 is 0 Å². The van der Waals surface area contributed by atoms with Crippen molar-refractivity contribution in [2.24, 2.45) is 0 Å². The number of rotatable bonds is 5. The lowest BCUT2D eigenvalue weighted by Gasteiger charge is -2.08. The van der Waals surface area contributed by atoms with Gasteiger partial charge in [0.25, 0.3) is 0 Å². The van der Waals surface area contributed by atoms with Crippen molar-refractivity contribution in [2.45, 2.75) is 33.7 Å². The minimum atomic E-state index is 0.578. The molecule has 0 saturated heterocycles. The van der Waals surface area contributed by atoms with Crippen LogP contribution < -0.4 is 5.73 Å². The predicted octanol–water partition coefficient (Wildman–Crippen LogP) is 1.99. The highest BCUT2D eigenvalue weighted by atomic mass is 16.5. The third-order valence-corrected chi connectivity index (χ3v) is 2.86. The van der Waals surface area contributed by atoms with Gasteiger partial charge in [-0.15, -0.1) is 0 Å². The molecule has 1 rings (SSSR count). The molecule has 1 aromatic rings. The number of aromatic nitrogens is 1. The molecule has 0 amide bonds. The monoisotopic (exact) mass is 221 g/mol. The summed E-state index contributed by atoms with van der Waals surface area (Å²) in [6, 6.07) is 2.15. The molecule has 4 nitrogen and oxygen atoms in total. The molecule has 0 aliphatic heterocycles. The first-order chi connectivity index (χ1) is 7.63. The molecule has 0 aliphatic carbocycles. The first kappa shape index (κ1) is 12.6. The normalized spacial score (nSPS) is 10.4. The van der Waals surface area contributed by atoms with Gasteiger partial charge in [-0.1, -0.05) is 0 Å². The van der Waals surface area contributed by atoms with Gasteiger partial charge in [0.1, 0.15) is 11.9 Å². The van der Waals surface area contributed by atoms with Gasteiger partial charge in [-0.2, -0.15) is 5.26 Å². The molecule has 1 heterocycles. The fourth-order valence-corrected chi connectivity index (χ4v) is 1.79. The van der Waals surface area contributed by atoms with Crippen molar-refractivity contribution in [1.29, 1.82) is 5.26 Å². The fourth-order valence-electron chi connectivity index (χ4n) is 1.79. The van der Waals surface area contributed by atoms with Crippen molar-refractivity contribution in [3.8, 4) is 6.07 Å². The lowest BCUT2D eigenvalue weighted by Crippen LogP contribution is -2.07. The minimum Gasteiger partial charge on any atom is -0.384 e. The summed E-state index contributed by atoms with van der Waals surface area (Å²) in [6.07, 6.45) is 0.915. The van der Waals surface area contributed by atoms with Crippen molar-refractivity contribution in [3.05, 3.63) is 16.8 Å². The average molecular weight is 221 g/mol. The Hall–Kier alpha value is -1.47. The number of ether oxygens (including phenoxy) is 1. The van der Waals surface area contributed by atoms with E-state index >= 15 is 0 Å². The highest BCUT2D eigenvalue weighted by Crippen LogP contribution is 2.23. The molecular weight excluding hydrogens is 202 g/mol. The summed E-state index contributed by atoms with van der Waals surface area (Å²) in [5, 5.41) is 8.98. The van der Waals surface area contributed by atoms with Crippen LogP contribution in [0.1, 0.15) is 30.2 Å². The minimum absolute atomic E-state index is 0.578. The van der Waals surface area contributed by atoms with Crippen LogP contribution in [0.4, 0.5) is 5.82 Å². The Balaban J connectivity index is 2.77. The summed E-state index contributed by atoms with van der Waals surface area (Å²) in [4.78, 5) is 0. The molecule has 0 spiro atoms. The van der Waals surface area contributed by atoms with Gasteiger partial charge in [0.05, 0.1) is 5.56 Å². The van der Waals surface area contributed by atoms with E-state index in [0.717, 1.165) is 37.4 Å². The molecule has 0 atom stereocenters. The van der Waals surface area contributed by atoms with Crippen molar-refractivity contribution >= 4 is 5.82 Å². The predicted molar refractivity (Wildman–Crippen MR) is 64.1 cm³/mol. The standard InChI is InChI=1S/C12H19N3O/c1-4-16-7-5-6-15-10(3)9(2)11(8-13)12(15)14/h4-7,14H2,1-3H3. The molecule has 0 unspecified atom stereocenters. The van der Waals surface area contributed by atoms with Gasteiger partial charge >= 0.3 is 0 Å². The summed E-state index contributed by atoms with van der Waals surface area (Å²) in [5.41, 5.74) is 8.59. The van der Waals surface area contributed by atoms with Crippen LogP contribution in [-0.2, 0) is 11.3 Å². The van der Waals surface area contributed by atoms with Gasteiger partial charge in [0, 0.05) is 25.5 Å². The summed E-state index contributed by atoms with van der Waals surface area (Å²) in [6.45, 7) is 8.18. The summed E-state index contributed by atoms with van der Waals surface area (Å²) in [7, 11) is 0. The van der Waals surface area contributed by atoms with Crippen LogP contribution in [0, 0.1) is 25.2 Å². The molecular formula is C12H19N3O. The van der Waals surface area contributed by atoms with E-state index in [1.807, 2.05) is 25.3 Å². The van der Waals surface area contributed by atoms with Gasteiger partial charge in [-0.05, 0) is 32.8 Å². The molecule has 0 radical (unpaired) electrons. The average Bonchev–Trinajstić information content (AvgIpc) is 2.47. The Kier molecular flexibility index (Phi) is 4.39. The number of nitrogens with two attached hydrogens (primary N) is 1. The number of nitriles is 1. The Morgan fingerprint density at radius 2 is 2.12 bits per heavy atom. The summed E-state index contributed by atoms with van der Waals surface area (Å²) in [5.74, 6) is 0.578. The van der Waals surface area contributed by atoms with Crippen LogP contribution in [0.5, 0.6) is 0 Å². The summed E-state index contributed by atoms with van der Waals surface area (Å²) >= 11 is 0. The van der Waals surface area contributed by atoms with E-state index in [-0.39, 0.29) is 0 Å². The number of hydrogen-bond donors (Lipinski definition) is 1. The zero-order valence-corrected chi connectivity index (χ0v) is 10.2. The number of nitrogen functional groups attached to an aromatic ring is 1. The molecule has 0 saturated carbocycles. The molecule has 2 N–H and O–H groups in total. The highest BCUT2D eigenvalue weighted by molar-refractivity contribution is 5.57. The van der Waals surface area contributed by atoms with Crippen LogP contribution in [0.2, 0.25) is 0 Å². The molecule has 88 valence electrons. The second-order valence-electron chi connectivity index (χ2n) is 3.78. The zero-order chi connectivity index (χ0) is 12.1.